The summed E-state index contributed by atoms with van der Waals surface area (Å²) in [4.78, 5) is 6.88. The van der Waals surface area contributed by atoms with Gasteiger partial charge in [0.2, 0.25) is 0 Å². The molecule has 2 rings (SSSR count). The first-order valence-electron chi connectivity index (χ1n) is 5.85. The van der Waals surface area contributed by atoms with Crippen LogP contribution in [0.3, 0.4) is 0 Å². The second-order valence-electron chi connectivity index (χ2n) is 4.12. The number of hydrogen-bond donors (Lipinski definition) is 2. The van der Waals surface area contributed by atoms with Crippen molar-refractivity contribution in [2.45, 2.75) is 18.9 Å². The quantitative estimate of drug-likeness (QED) is 0.803. The second kappa shape index (κ2) is 5.27. The minimum atomic E-state index is 0.224. The largest absolute Gasteiger partial charge is 0.395 e. The summed E-state index contributed by atoms with van der Waals surface area (Å²) in [5.41, 5.74) is 1.11. The normalized spacial score (nSPS) is 21.2. The molecule has 1 saturated heterocycles. The van der Waals surface area contributed by atoms with E-state index in [1.807, 2.05) is 19.2 Å². The summed E-state index contributed by atoms with van der Waals surface area (Å²) >= 11 is 0. The van der Waals surface area contributed by atoms with Gasteiger partial charge in [-0.15, -0.1) is 0 Å². The fraction of sp³-hybridized carbons (Fsp3) is 0.583. The van der Waals surface area contributed by atoms with Crippen LogP contribution in [0, 0.1) is 0 Å². The van der Waals surface area contributed by atoms with Crippen LogP contribution in [0.15, 0.2) is 18.2 Å². The van der Waals surface area contributed by atoms with Crippen molar-refractivity contribution in [1.82, 2.24) is 9.88 Å². The Morgan fingerprint density at radius 2 is 2.44 bits per heavy atom. The number of aliphatic hydroxyl groups is 1. The number of rotatable bonds is 4. The summed E-state index contributed by atoms with van der Waals surface area (Å²) in [5, 5.41) is 12.1. The molecule has 1 atom stereocenters. The Kier molecular flexibility index (Phi) is 3.74. The number of β-amino-alcohol motifs (C(OH)–C–C–N with tert-alkyl or cyclic N) is 1. The van der Waals surface area contributed by atoms with Crippen molar-refractivity contribution in [2.24, 2.45) is 0 Å². The van der Waals surface area contributed by atoms with Crippen LogP contribution >= 0.6 is 0 Å². The molecule has 1 aliphatic rings. The SMILES string of the molecule is CNc1cccc(C2CCCN2CCO)n1. The maximum absolute atomic E-state index is 9.02. The van der Waals surface area contributed by atoms with Crippen molar-refractivity contribution in [2.75, 3.05) is 32.1 Å². The van der Waals surface area contributed by atoms with Crippen LogP contribution in [0.1, 0.15) is 24.6 Å². The molecule has 0 amide bonds. The summed E-state index contributed by atoms with van der Waals surface area (Å²) in [6, 6.07) is 6.44. The van der Waals surface area contributed by atoms with Gasteiger partial charge in [-0.05, 0) is 31.5 Å². The van der Waals surface area contributed by atoms with Crippen molar-refractivity contribution < 1.29 is 5.11 Å². The van der Waals surface area contributed by atoms with Gasteiger partial charge in [0.25, 0.3) is 0 Å². The van der Waals surface area contributed by atoms with Gasteiger partial charge in [-0.25, -0.2) is 4.98 Å². The zero-order valence-corrected chi connectivity index (χ0v) is 9.69. The molecule has 0 saturated carbocycles. The Hall–Kier alpha value is -1.13. The highest BCUT2D eigenvalue weighted by atomic mass is 16.3. The first-order valence-corrected chi connectivity index (χ1v) is 5.85. The molecule has 1 aliphatic heterocycles. The second-order valence-corrected chi connectivity index (χ2v) is 4.12. The van der Waals surface area contributed by atoms with Crippen LogP contribution in [0.2, 0.25) is 0 Å². The van der Waals surface area contributed by atoms with Crippen LogP contribution in [-0.4, -0.2) is 41.7 Å². The van der Waals surface area contributed by atoms with Gasteiger partial charge in [-0.2, -0.15) is 0 Å². The number of aliphatic hydroxyl groups excluding tert-OH is 1. The molecule has 0 aliphatic carbocycles. The van der Waals surface area contributed by atoms with E-state index < -0.39 is 0 Å². The van der Waals surface area contributed by atoms with Crippen LogP contribution in [-0.2, 0) is 0 Å². The molecule has 0 spiro atoms. The van der Waals surface area contributed by atoms with Gasteiger partial charge in [0.1, 0.15) is 5.82 Å². The minimum Gasteiger partial charge on any atom is -0.395 e. The third kappa shape index (κ3) is 2.33. The highest BCUT2D eigenvalue weighted by molar-refractivity contribution is 5.35. The lowest BCUT2D eigenvalue weighted by Gasteiger charge is -2.23. The highest BCUT2D eigenvalue weighted by Crippen LogP contribution is 2.30. The van der Waals surface area contributed by atoms with Gasteiger partial charge in [0, 0.05) is 13.6 Å². The molecule has 88 valence electrons. The fourth-order valence-corrected chi connectivity index (χ4v) is 2.33. The van der Waals surface area contributed by atoms with E-state index in [1.54, 1.807) is 0 Å². The number of hydrogen-bond acceptors (Lipinski definition) is 4. The van der Waals surface area contributed by atoms with E-state index in [-0.39, 0.29) is 6.61 Å². The third-order valence-electron chi connectivity index (χ3n) is 3.12. The lowest BCUT2D eigenvalue weighted by atomic mass is 10.1. The summed E-state index contributed by atoms with van der Waals surface area (Å²) in [6.45, 7) is 2.04. The third-order valence-corrected chi connectivity index (χ3v) is 3.12. The molecule has 2 heterocycles. The molecule has 1 aromatic rings. The zero-order chi connectivity index (χ0) is 11.4. The van der Waals surface area contributed by atoms with E-state index >= 15 is 0 Å². The van der Waals surface area contributed by atoms with Crippen molar-refractivity contribution >= 4 is 5.82 Å². The van der Waals surface area contributed by atoms with E-state index in [0.29, 0.717) is 6.04 Å². The molecule has 0 bridgehead atoms. The summed E-state index contributed by atoms with van der Waals surface area (Å²) in [7, 11) is 1.88. The number of anilines is 1. The monoisotopic (exact) mass is 221 g/mol. The van der Waals surface area contributed by atoms with Gasteiger partial charge >= 0.3 is 0 Å². The summed E-state index contributed by atoms with van der Waals surface area (Å²) in [5.74, 6) is 0.911. The summed E-state index contributed by atoms with van der Waals surface area (Å²) < 4.78 is 0. The van der Waals surface area contributed by atoms with Gasteiger partial charge in [0.15, 0.2) is 0 Å². The molecule has 1 fully saturated rings. The Bertz CT molecular complexity index is 343. The lowest BCUT2D eigenvalue weighted by molar-refractivity contribution is 0.184. The van der Waals surface area contributed by atoms with Gasteiger partial charge < -0.3 is 10.4 Å². The zero-order valence-electron chi connectivity index (χ0n) is 9.69. The number of aromatic nitrogens is 1. The minimum absolute atomic E-state index is 0.224. The predicted octanol–water partition coefficient (Wildman–Crippen LogP) is 1.25. The van der Waals surface area contributed by atoms with Gasteiger partial charge in [-0.1, -0.05) is 6.07 Å². The van der Waals surface area contributed by atoms with Crippen LogP contribution in [0.4, 0.5) is 5.82 Å². The van der Waals surface area contributed by atoms with Crippen LogP contribution in [0.5, 0.6) is 0 Å². The maximum atomic E-state index is 9.02. The number of nitrogens with one attached hydrogen (secondary N) is 1. The first kappa shape index (κ1) is 11.4. The summed E-state index contributed by atoms with van der Waals surface area (Å²) in [6.07, 6.45) is 2.33. The van der Waals surface area contributed by atoms with Crippen LogP contribution < -0.4 is 5.32 Å². The van der Waals surface area contributed by atoms with Gasteiger partial charge in [0.05, 0.1) is 18.3 Å². The average Bonchev–Trinajstić information content (AvgIpc) is 2.78. The van der Waals surface area contributed by atoms with E-state index in [1.165, 1.54) is 6.42 Å². The molecule has 2 N–H and O–H groups in total. The van der Waals surface area contributed by atoms with Crippen molar-refractivity contribution in [1.29, 1.82) is 0 Å². The molecule has 4 heteroatoms. The van der Waals surface area contributed by atoms with E-state index in [2.05, 4.69) is 21.3 Å². The maximum Gasteiger partial charge on any atom is 0.126 e. The van der Waals surface area contributed by atoms with E-state index in [9.17, 15) is 0 Å². The average molecular weight is 221 g/mol. The molecular weight excluding hydrogens is 202 g/mol. The molecular formula is C12H19N3O. The molecule has 4 nitrogen and oxygen atoms in total. The Morgan fingerprint density at radius 1 is 1.56 bits per heavy atom. The smallest absolute Gasteiger partial charge is 0.126 e. The Labute approximate surface area is 96.3 Å². The number of pyridine rings is 1. The van der Waals surface area contributed by atoms with E-state index in [4.69, 9.17) is 5.11 Å². The van der Waals surface area contributed by atoms with Crippen LogP contribution in [0.25, 0.3) is 0 Å². The Balaban J connectivity index is 2.15. The Morgan fingerprint density at radius 3 is 3.19 bits per heavy atom. The number of likely N-dealkylation sites (tertiary alicyclic amines) is 1. The standard InChI is InChI=1S/C12H19N3O/c1-13-12-6-2-4-10(14-12)11-5-3-7-15(11)8-9-16/h2,4,6,11,16H,3,5,7-9H2,1H3,(H,13,14). The number of nitrogens with zero attached hydrogens (tertiary/aromatic N) is 2. The van der Waals surface area contributed by atoms with Crippen molar-refractivity contribution in [3.8, 4) is 0 Å². The molecule has 16 heavy (non-hydrogen) atoms. The molecule has 0 aromatic carbocycles. The fourth-order valence-electron chi connectivity index (χ4n) is 2.33. The highest BCUT2D eigenvalue weighted by Gasteiger charge is 2.26. The van der Waals surface area contributed by atoms with E-state index in [0.717, 1.165) is 31.0 Å². The molecule has 0 radical (unpaired) electrons. The lowest BCUT2D eigenvalue weighted by Crippen LogP contribution is -2.27. The molecule has 1 aromatic heterocycles. The first-order chi connectivity index (χ1) is 7.85. The van der Waals surface area contributed by atoms with Crippen molar-refractivity contribution in [3.63, 3.8) is 0 Å². The topological polar surface area (TPSA) is 48.4 Å². The van der Waals surface area contributed by atoms with Gasteiger partial charge in [-0.3, -0.25) is 4.90 Å². The van der Waals surface area contributed by atoms with Crippen molar-refractivity contribution in [3.05, 3.63) is 23.9 Å². The predicted molar refractivity (Wildman–Crippen MR) is 64.4 cm³/mol. The molecule has 1 unspecified atom stereocenters.